The van der Waals surface area contributed by atoms with Crippen LogP contribution >= 0.6 is 11.8 Å². The van der Waals surface area contributed by atoms with Crippen molar-refractivity contribution in [2.45, 2.75) is 38.9 Å². The van der Waals surface area contributed by atoms with Crippen molar-refractivity contribution in [3.8, 4) is 5.69 Å². The van der Waals surface area contributed by atoms with Gasteiger partial charge in [-0.15, -0.1) is 10.2 Å². The molecule has 0 radical (unpaired) electrons. The maximum Gasteiger partial charge on any atom is 0.251 e. The molecule has 2 aromatic carbocycles. The van der Waals surface area contributed by atoms with Crippen molar-refractivity contribution >= 4 is 29.3 Å². The van der Waals surface area contributed by atoms with Crippen molar-refractivity contribution in [3.05, 3.63) is 65.5 Å². The van der Waals surface area contributed by atoms with Crippen LogP contribution < -0.4 is 10.6 Å². The lowest BCUT2D eigenvalue weighted by Crippen LogP contribution is -2.30. The number of nitrogens with one attached hydrogen (secondary N) is 2. The zero-order valence-electron chi connectivity index (χ0n) is 17.5. The number of amides is 2. The molecule has 0 aliphatic heterocycles. The van der Waals surface area contributed by atoms with E-state index in [1.54, 1.807) is 30.6 Å². The smallest absolute Gasteiger partial charge is 0.251 e. The lowest BCUT2D eigenvalue weighted by molar-refractivity contribution is -0.113. The van der Waals surface area contributed by atoms with Crippen molar-refractivity contribution in [3.63, 3.8) is 0 Å². The van der Waals surface area contributed by atoms with E-state index in [0.29, 0.717) is 16.4 Å². The van der Waals surface area contributed by atoms with E-state index in [0.717, 1.165) is 5.69 Å². The molecule has 2 N–H and O–H groups in total. The number of benzene rings is 2. The Bertz CT molecular complexity index is 1040. The first-order valence-electron chi connectivity index (χ1n) is 9.64. The van der Waals surface area contributed by atoms with E-state index < -0.39 is 0 Å². The molecule has 0 aliphatic carbocycles. The van der Waals surface area contributed by atoms with E-state index in [9.17, 15) is 9.59 Å². The summed E-state index contributed by atoms with van der Waals surface area (Å²) in [7, 11) is 0. The van der Waals surface area contributed by atoms with Gasteiger partial charge in [0.2, 0.25) is 5.91 Å². The molecular formula is C22H25N5O2S. The Morgan fingerprint density at radius 1 is 1.07 bits per heavy atom. The van der Waals surface area contributed by atoms with Gasteiger partial charge in [-0.2, -0.15) is 0 Å². The molecule has 0 atom stereocenters. The number of anilines is 1. The number of thioether (sulfide) groups is 1. The number of hydrogen-bond donors (Lipinski definition) is 2. The minimum atomic E-state index is -0.158. The van der Waals surface area contributed by atoms with Gasteiger partial charge in [0.25, 0.3) is 5.91 Å². The van der Waals surface area contributed by atoms with Gasteiger partial charge >= 0.3 is 0 Å². The van der Waals surface area contributed by atoms with Crippen LogP contribution in [0.4, 0.5) is 5.69 Å². The molecule has 0 saturated carbocycles. The number of aryl methyl sites for hydroxylation is 2. The zero-order valence-corrected chi connectivity index (χ0v) is 18.3. The van der Waals surface area contributed by atoms with Crippen LogP contribution in [0, 0.1) is 13.8 Å². The fraction of sp³-hybridized carbons (Fsp3) is 0.273. The van der Waals surface area contributed by atoms with Gasteiger partial charge in [-0.3, -0.25) is 14.2 Å². The lowest BCUT2D eigenvalue weighted by Gasteiger charge is -2.10. The van der Waals surface area contributed by atoms with Gasteiger partial charge < -0.3 is 10.6 Å². The number of carbonyl (C=O) groups is 2. The maximum absolute atomic E-state index is 12.3. The average Bonchev–Trinajstić information content (AvgIpc) is 3.17. The highest BCUT2D eigenvalue weighted by Crippen LogP contribution is 2.21. The van der Waals surface area contributed by atoms with Crippen molar-refractivity contribution in [2.75, 3.05) is 11.1 Å². The number of hydrogen-bond acceptors (Lipinski definition) is 5. The molecule has 2 amide bonds. The summed E-state index contributed by atoms with van der Waals surface area (Å²) in [5.41, 5.74) is 4.55. The van der Waals surface area contributed by atoms with Gasteiger partial charge in [0.05, 0.1) is 5.75 Å². The van der Waals surface area contributed by atoms with Crippen molar-refractivity contribution in [2.24, 2.45) is 0 Å². The van der Waals surface area contributed by atoms with E-state index in [-0.39, 0.29) is 23.6 Å². The summed E-state index contributed by atoms with van der Waals surface area (Å²) < 4.78 is 1.87. The van der Waals surface area contributed by atoms with Crippen LogP contribution in [0.2, 0.25) is 0 Å². The first-order valence-corrected chi connectivity index (χ1v) is 10.6. The van der Waals surface area contributed by atoms with E-state index in [1.165, 1.54) is 22.9 Å². The lowest BCUT2D eigenvalue weighted by atomic mass is 10.1. The molecule has 0 bridgehead atoms. The summed E-state index contributed by atoms with van der Waals surface area (Å²) in [6, 6.07) is 13.0. The standard InChI is InChI=1S/C22H25N5O2S/c1-14(2)24-21(29)17-6-8-18(9-7-17)25-20(28)12-30-22-26-23-13-27(22)19-10-5-15(3)16(4)11-19/h5-11,13-14H,12H2,1-4H3,(H,24,29)(H,25,28). The van der Waals surface area contributed by atoms with Crippen LogP contribution in [0.1, 0.15) is 35.3 Å². The summed E-state index contributed by atoms with van der Waals surface area (Å²) in [5, 5.41) is 14.4. The molecule has 0 spiro atoms. The molecule has 0 aliphatic rings. The van der Waals surface area contributed by atoms with E-state index in [1.807, 2.05) is 24.5 Å². The fourth-order valence-corrected chi connectivity index (χ4v) is 3.48. The minimum Gasteiger partial charge on any atom is -0.350 e. The Morgan fingerprint density at radius 3 is 2.47 bits per heavy atom. The second-order valence-corrected chi connectivity index (χ2v) is 8.24. The topological polar surface area (TPSA) is 88.9 Å². The molecule has 8 heteroatoms. The molecule has 3 aromatic rings. The van der Waals surface area contributed by atoms with E-state index in [2.05, 4.69) is 46.8 Å². The number of rotatable bonds is 7. The van der Waals surface area contributed by atoms with Crippen LogP contribution in [0.15, 0.2) is 53.9 Å². The Balaban J connectivity index is 1.59. The first-order chi connectivity index (χ1) is 14.3. The van der Waals surface area contributed by atoms with Gasteiger partial charge in [0.1, 0.15) is 6.33 Å². The summed E-state index contributed by atoms with van der Waals surface area (Å²) >= 11 is 1.31. The highest BCUT2D eigenvalue weighted by atomic mass is 32.2. The van der Waals surface area contributed by atoms with Crippen LogP contribution in [0.25, 0.3) is 5.69 Å². The second-order valence-electron chi connectivity index (χ2n) is 7.29. The maximum atomic E-state index is 12.3. The van der Waals surface area contributed by atoms with Gasteiger partial charge in [-0.1, -0.05) is 17.8 Å². The predicted molar refractivity (Wildman–Crippen MR) is 119 cm³/mol. The Labute approximate surface area is 180 Å². The molecule has 7 nitrogen and oxygen atoms in total. The Hall–Kier alpha value is -3.13. The summed E-state index contributed by atoms with van der Waals surface area (Å²) in [5.74, 6) is -0.0998. The molecule has 1 aromatic heterocycles. The summed E-state index contributed by atoms with van der Waals surface area (Å²) in [6.45, 7) is 7.94. The molecule has 3 rings (SSSR count). The van der Waals surface area contributed by atoms with Crippen molar-refractivity contribution < 1.29 is 9.59 Å². The minimum absolute atomic E-state index is 0.0692. The van der Waals surface area contributed by atoms with Gasteiger partial charge in [-0.25, -0.2) is 0 Å². The molecule has 0 fully saturated rings. The molecule has 1 heterocycles. The SMILES string of the molecule is Cc1ccc(-n2cnnc2SCC(=O)Nc2ccc(C(=O)NC(C)C)cc2)cc1C. The Morgan fingerprint density at radius 2 is 1.80 bits per heavy atom. The highest BCUT2D eigenvalue weighted by molar-refractivity contribution is 7.99. The van der Waals surface area contributed by atoms with Gasteiger partial charge in [-0.05, 0) is 75.2 Å². The van der Waals surface area contributed by atoms with Crippen LogP contribution in [-0.4, -0.2) is 38.4 Å². The van der Waals surface area contributed by atoms with Crippen molar-refractivity contribution in [1.82, 2.24) is 20.1 Å². The number of nitrogens with zero attached hydrogens (tertiary/aromatic N) is 3. The average molecular weight is 424 g/mol. The second kappa shape index (κ2) is 9.58. The van der Waals surface area contributed by atoms with Gasteiger partial charge in [0, 0.05) is 23.0 Å². The quantitative estimate of drug-likeness (QED) is 0.565. The normalized spacial score (nSPS) is 10.8. The third kappa shape index (κ3) is 5.48. The predicted octanol–water partition coefficient (Wildman–Crippen LogP) is 3.75. The van der Waals surface area contributed by atoms with Crippen LogP contribution in [0.3, 0.4) is 0 Å². The number of aromatic nitrogens is 3. The van der Waals surface area contributed by atoms with Crippen LogP contribution in [-0.2, 0) is 4.79 Å². The first kappa shape index (κ1) is 21.6. The van der Waals surface area contributed by atoms with Crippen LogP contribution in [0.5, 0.6) is 0 Å². The summed E-state index contributed by atoms with van der Waals surface area (Å²) in [6.07, 6.45) is 1.64. The Kier molecular flexibility index (Phi) is 6.89. The number of carbonyl (C=O) groups excluding carboxylic acids is 2. The zero-order chi connectivity index (χ0) is 21.7. The molecule has 0 unspecified atom stereocenters. The van der Waals surface area contributed by atoms with E-state index >= 15 is 0 Å². The molecular weight excluding hydrogens is 398 g/mol. The van der Waals surface area contributed by atoms with E-state index in [4.69, 9.17) is 0 Å². The molecule has 0 saturated heterocycles. The highest BCUT2D eigenvalue weighted by Gasteiger charge is 2.12. The van der Waals surface area contributed by atoms with Gasteiger partial charge in [0.15, 0.2) is 5.16 Å². The third-order valence-corrected chi connectivity index (χ3v) is 5.41. The summed E-state index contributed by atoms with van der Waals surface area (Å²) in [4.78, 5) is 24.3. The fourth-order valence-electron chi connectivity index (χ4n) is 2.75. The van der Waals surface area contributed by atoms with Crippen molar-refractivity contribution in [1.29, 1.82) is 0 Å². The monoisotopic (exact) mass is 423 g/mol. The largest absolute Gasteiger partial charge is 0.350 e. The molecule has 156 valence electrons. The molecule has 30 heavy (non-hydrogen) atoms. The third-order valence-electron chi connectivity index (χ3n) is 4.47.